The minimum atomic E-state index is -3.62. The molecule has 156 valence electrons. The Hall–Kier alpha value is -3.04. The zero-order valence-corrected chi connectivity index (χ0v) is 17.5. The molecule has 30 heavy (non-hydrogen) atoms. The Morgan fingerprint density at radius 2 is 1.87 bits per heavy atom. The third-order valence-electron chi connectivity index (χ3n) is 5.16. The van der Waals surface area contributed by atoms with Gasteiger partial charge >= 0.3 is 0 Å². The van der Waals surface area contributed by atoms with Crippen molar-refractivity contribution >= 4 is 21.6 Å². The Labute approximate surface area is 175 Å². The number of rotatable bonds is 5. The van der Waals surface area contributed by atoms with Gasteiger partial charge in [0.05, 0.1) is 10.6 Å². The smallest absolute Gasteiger partial charge is 0.256 e. The molecule has 0 radical (unpaired) electrons. The maximum Gasteiger partial charge on any atom is 0.256 e. The summed E-state index contributed by atoms with van der Waals surface area (Å²) >= 11 is 0. The van der Waals surface area contributed by atoms with Gasteiger partial charge in [-0.05, 0) is 55.7 Å². The monoisotopic (exact) mass is 425 g/mol. The molecule has 8 nitrogen and oxygen atoms in total. The van der Waals surface area contributed by atoms with Crippen molar-refractivity contribution < 1.29 is 13.2 Å². The molecule has 2 aromatic heterocycles. The average molecular weight is 426 g/mol. The highest BCUT2D eigenvalue weighted by Crippen LogP contribution is 2.24. The van der Waals surface area contributed by atoms with Gasteiger partial charge in [0.2, 0.25) is 10.0 Å². The molecule has 0 saturated carbocycles. The topological polar surface area (TPSA) is 97.2 Å². The Bertz CT molecular complexity index is 1150. The lowest BCUT2D eigenvalue weighted by Gasteiger charge is -2.26. The Kier molecular flexibility index (Phi) is 5.65. The molecule has 1 aliphatic rings. The van der Waals surface area contributed by atoms with Crippen molar-refractivity contribution in [2.75, 3.05) is 18.4 Å². The predicted molar refractivity (Wildman–Crippen MR) is 113 cm³/mol. The second-order valence-corrected chi connectivity index (χ2v) is 9.16. The number of sulfonamides is 1. The van der Waals surface area contributed by atoms with E-state index in [-0.39, 0.29) is 4.90 Å². The molecule has 1 aromatic carbocycles. The van der Waals surface area contributed by atoms with Crippen molar-refractivity contribution in [3.05, 3.63) is 66.1 Å². The van der Waals surface area contributed by atoms with Gasteiger partial charge in [-0.1, -0.05) is 12.5 Å². The summed E-state index contributed by atoms with van der Waals surface area (Å²) < 4.78 is 29.1. The van der Waals surface area contributed by atoms with E-state index in [0.29, 0.717) is 35.7 Å². The standard InChI is InChI=1S/C21H23N5O3S/c1-16-8-9-17(30(28,29)25-12-3-2-4-13-25)15-18(16)21(27)24-19-7-5-10-22-20(19)26-14-6-11-23-26/h5-11,14-15H,2-4,12-13H2,1H3,(H,24,27). The number of aryl methyl sites for hydroxylation is 1. The molecule has 1 amide bonds. The van der Waals surface area contributed by atoms with Crippen LogP contribution in [0.5, 0.6) is 0 Å². The van der Waals surface area contributed by atoms with Gasteiger partial charge in [-0.25, -0.2) is 18.1 Å². The molecule has 1 fully saturated rings. The fourth-order valence-corrected chi connectivity index (χ4v) is 5.07. The van der Waals surface area contributed by atoms with Crippen molar-refractivity contribution in [1.29, 1.82) is 0 Å². The first-order chi connectivity index (χ1) is 14.5. The SMILES string of the molecule is Cc1ccc(S(=O)(=O)N2CCCCC2)cc1C(=O)Nc1cccnc1-n1cccn1. The fraction of sp³-hybridized carbons (Fsp3) is 0.286. The zero-order valence-electron chi connectivity index (χ0n) is 16.7. The number of hydrogen-bond acceptors (Lipinski definition) is 5. The molecule has 3 heterocycles. The first kappa shape index (κ1) is 20.2. The summed E-state index contributed by atoms with van der Waals surface area (Å²) in [6.45, 7) is 2.81. The Morgan fingerprint density at radius 3 is 2.60 bits per heavy atom. The lowest BCUT2D eigenvalue weighted by atomic mass is 10.1. The number of pyridine rings is 1. The van der Waals surface area contributed by atoms with Crippen LogP contribution in [0, 0.1) is 6.92 Å². The normalized spacial score (nSPS) is 15.1. The Balaban J connectivity index is 1.64. The number of amides is 1. The van der Waals surface area contributed by atoms with Crippen LogP contribution in [-0.2, 0) is 10.0 Å². The van der Waals surface area contributed by atoms with Crippen LogP contribution in [0.1, 0.15) is 35.2 Å². The van der Waals surface area contributed by atoms with E-state index in [2.05, 4.69) is 15.4 Å². The van der Waals surface area contributed by atoms with Gasteiger partial charge in [0.15, 0.2) is 5.82 Å². The van der Waals surface area contributed by atoms with Gasteiger partial charge in [0.1, 0.15) is 0 Å². The second kappa shape index (κ2) is 8.37. The highest BCUT2D eigenvalue weighted by atomic mass is 32.2. The second-order valence-electron chi connectivity index (χ2n) is 7.22. The Morgan fingerprint density at radius 1 is 1.07 bits per heavy atom. The lowest BCUT2D eigenvalue weighted by molar-refractivity contribution is 0.102. The summed E-state index contributed by atoms with van der Waals surface area (Å²) in [7, 11) is -3.62. The first-order valence-electron chi connectivity index (χ1n) is 9.84. The van der Waals surface area contributed by atoms with Gasteiger partial charge in [-0.3, -0.25) is 4.79 Å². The van der Waals surface area contributed by atoms with E-state index >= 15 is 0 Å². The quantitative estimate of drug-likeness (QED) is 0.678. The van der Waals surface area contributed by atoms with Gasteiger partial charge in [-0.2, -0.15) is 9.40 Å². The summed E-state index contributed by atoms with van der Waals surface area (Å²) in [5.74, 6) is 0.0789. The number of piperidine rings is 1. The zero-order chi connectivity index (χ0) is 21.1. The van der Waals surface area contributed by atoms with Gasteiger partial charge in [0, 0.05) is 37.2 Å². The van der Waals surface area contributed by atoms with Crippen molar-refractivity contribution in [2.24, 2.45) is 0 Å². The van der Waals surface area contributed by atoms with Crippen LogP contribution in [0.2, 0.25) is 0 Å². The molecular formula is C21H23N5O3S. The van der Waals surface area contributed by atoms with E-state index in [1.165, 1.54) is 10.4 Å². The van der Waals surface area contributed by atoms with Crippen molar-refractivity contribution in [2.45, 2.75) is 31.1 Å². The molecule has 0 spiro atoms. The average Bonchev–Trinajstić information content (AvgIpc) is 3.29. The highest BCUT2D eigenvalue weighted by Gasteiger charge is 2.27. The van der Waals surface area contributed by atoms with Crippen LogP contribution >= 0.6 is 0 Å². The number of carbonyl (C=O) groups is 1. The molecule has 0 bridgehead atoms. The molecule has 0 unspecified atom stereocenters. The van der Waals surface area contributed by atoms with E-state index in [0.717, 1.165) is 19.3 Å². The number of nitrogens with one attached hydrogen (secondary N) is 1. The van der Waals surface area contributed by atoms with Crippen molar-refractivity contribution in [1.82, 2.24) is 19.1 Å². The number of aromatic nitrogens is 3. The summed E-state index contributed by atoms with van der Waals surface area (Å²) in [6, 6.07) is 9.90. The molecule has 1 N–H and O–H groups in total. The molecule has 1 saturated heterocycles. The van der Waals surface area contributed by atoms with Crippen LogP contribution in [0.3, 0.4) is 0 Å². The van der Waals surface area contributed by atoms with E-state index in [1.807, 2.05) is 0 Å². The first-order valence-corrected chi connectivity index (χ1v) is 11.3. The summed E-state index contributed by atoms with van der Waals surface area (Å²) in [6.07, 6.45) is 7.72. The van der Waals surface area contributed by atoms with Crippen LogP contribution in [-0.4, -0.2) is 46.5 Å². The number of benzene rings is 1. The van der Waals surface area contributed by atoms with Gasteiger partial charge in [0.25, 0.3) is 5.91 Å². The molecule has 9 heteroatoms. The summed E-state index contributed by atoms with van der Waals surface area (Å²) in [4.78, 5) is 17.5. The maximum absolute atomic E-state index is 13.0. The number of hydrogen-bond donors (Lipinski definition) is 1. The largest absolute Gasteiger partial charge is 0.319 e. The molecule has 4 rings (SSSR count). The fourth-order valence-electron chi connectivity index (χ4n) is 3.52. The van der Waals surface area contributed by atoms with E-state index in [1.54, 1.807) is 60.5 Å². The summed E-state index contributed by atoms with van der Waals surface area (Å²) in [5, 5.41) is 7.00. The molecule has 0 aliphatic carbocycles. The van der Waals surface area contributed by atoms with Gasteiger partial charge < -0.3 is 5.32 Å². The minimum Gasteiger partial charge on any atom is -0.319 e. The van der Waals surface area contributed by atoms with Gasteiger partial charge in [-0.15, -0.1) is 0 Å². The third kappa shape index (κ3) is 3.99. The van der Waals surface area contributed by atoms with Crippen LogP contribution < -0.4 is 5.32 Å². The molecule has 1 aliphatic heterocycles. The lowest BCUT2D eigenvalue weighted by Crippen LogP contribution is -2.35. The minimum absolute atomic E-state index is 0.138. The molecule has 3 aromatic rings. The van der Waals surface area contributed by atoms with Crippen molar-refractivity contribution in [3.63, 3.8) is 0 Å². The number of carbonyl (C=O) groups excluding carboxylic acids is 1. The number of anilines is 1. The number of nitrogens with zero attached hydrogens (tertiary/aromatic N) is 4. The molecular weight excluding hydrogens is 402 g/mol. The maximum atomic E-state index is 13.0. The highest BCUT2D eigenvalue weighted by molar-refractivity contribution is 7.89. The third-order valence-corrected chi connectivity index (χ3v) is 7.06. The molecule has 0 atom stereocenters. The summed E-state index contributed by atoms with van der Waals surface area (Å²) in [5.41, 5.74) is 1.48. The van der Waals surface area contributed by atoms with Crippen LogP contribution in [0.15, 0.2) is 59.9 Å². The van der Waals surface area contributed by atoms with E-state index in [9.17, 15) is 13.2 Å². The predicted octanol–water partition coefficient (Wildman–Crippen LogP) is 3.00. The van der Waals surface area contributed by atoms with E-state index < -0.39 is 15.9 Å². The van der Waals surface area contributed by atoms with Crippen LogP contribution in [0.4, 0.5) is 5.69 Å². The van der Waals surface area contributed by atoms with E-state index in [4.69, 9.17) is 0 Å². The van der Waals surface area contributed by atoms with Crippen LogP contribution in [0.25, 0.3) is 5.82 Å². The van der Waals surface area contributed by atoms with Crippen molar-refractivity contribution in [3.8, 4) is 5.82 Å².